The lowest BCUT2D eigenvalue weighted by Crippen LogP contribution is -2.15. The predicted molar refractivity (Wildman–Crippen MR) is 83.0 cm³/mol. The summed E-state index contributed by atoms with van der Waals surface area (Å²) >= 11 is 9.67. The van der Waals surface area contributed by atoms with Crippen LogP contribution in [0.5, 0.6) is 0 Å². The molecule has 0 radical (unpaired) electrons. The van der Waals surface area contributed by atoms with Crippen LogP contribution in [-0.2, 0) is 12.2 Å². The summed E-state index contributed by atoms with van der Waals surface area (Å²) in [7, 11) is 0. The molecule has 1 aliphatic rings. The van der Waals surface area contributed by atoms with Crippen molar-refractivity contribution in [1.29, 1.82) is 0 Å². The molecular formula is C14H15ClN2S2. The highest BCUT2D eigenvalue weighted by Gasteiger charge is 2.21. The first-order valence-electron chi connectivity index (χ1n) is 6.35. The molecule has 100 valence electrons. The van der Waals surface area contributed by atoms with Gasteiger partial charge in [-0.3, -0.25) is 0 Å². The summed E-state index contributed by atoms with van der Waals surface area (Å²) in [6.07, 6.45) is 3.33. The third kappa shape index (κ3) is 2.97. The van der Waals surface area contributed by atoms with Crippen LogP contribution in [0.4, 0.5) is 0 Å². The summed E-state index contributed by atoms with van der Waals surface area (Å²) < 4.78 is 0. The molecule has 0 amide bonds. The van der Waals surface area contributed by atoms with E-state index >= 15 is 0 Å². The molecule has 0 saturated carbocycles. The Hall–Kier alpha value is -0.550. The first-order chi connectivity index (χ1) is 9.24. The van der Waals surface area contributed by atoms with Crippen LogP contribution in [0.15, 0.2) is 29.2 Å². The summed E-state index contributed by atoms with van der Waals surface area (Å²) in [5, 5.41) is 1.97. The summed E-state index contributed by atoms with van der Waals surface area (Å²) in [5.74, 6) is 0.869. The second-order valence-corrected chi connectivity index (χ2v) is 7.18. The SMILES string of the molecule is NC1CCCc2nc(CSc3ccccc3Cl)sc21. The molecular weight excluding hydrogens is 296 g/mol. The maximum atomic E-state index is 6.16. The fourth-order valence-electron chi connectivity index (χ4n) is 2.27. The van der Waals surface area contributed by atoms with Crippen molar-refractivity contribution < 1.29 is 0 Å². The van der Waals surface area contributed by atoms with Gasteiger partial charge in [0.15, 0.2) is 0 Å². The molecule has 5 heteroatoms. The number of aromatic nitrogens is 1. The molecule has 1 heterocycles. The Morgan fingerprint density at radius 2 is 2.26 bits per heavy atom. The third-order valence-corrected chi connectivity index (χ3v) is 6.16. The van der Waals surface area contributed by atoms with Gasteiger partial charge in [-0.15, -0.1) is 23.1 Å². The standard InChI is InChI=1S/C14H15ClN2S2/c15-9-4-1-2-7-12(9)18-8-13-17-11-6-3-5-10(16)14(11)19-13/h1-2,4,7,10H,3,5-6,8,16H2. The monoisotopic (exact) mass is 310 g/mol. The van der Waals surface area contributed by atoms with Gasteiger partial charge in [0.05, 0.1) is 16.5 Å². The Morgan fingerprint density at radius 1 is 1.42 bits per heavy atom. The molecule has 0 fully saturated rings. The fraction of sp³-hybridized carbons (Fsp3) is 0.357. The van der Waals surface area contributed by atoms with Crippen molar-refractivity contribution >= 4 is 34.7 Å². The van der Waals surface area contributed by atoms with Crippen LogP contribution in [0.25, 0.3) is 0 Å². The Kier molecular flexibility index (Phi) is 4.12. The van der Waals surface area contributed by atoms with E-state index in [4.69, 9.17) is 22.3 Å². The van der Waals surface area contributed by atoms with E-state index in [-0.39, 0.29) is 6.04 Å². The molecule has 1 aromatic heterocycles. The number of fused-ring (bicyclic) bond motifs is 1. The van der Waals surface area contributed by atoms with E-state index in [2.05, 4.69) is 0 Å². The highest BCUT2D eigenvalue weighted by atomic mass is 35.5. The first-order valence-corrected chi connectivity index (χ1v) is 8.53. The predicted octanol–water partition coefficient (Wildman–Crippen LogP) is 4.42. The Balaban J connectivity index is 1.73. The van der Waals surface area contributed by atoms with Crippen LogP contribution in [-0.4, -0.2) is 4.98 Å². The molecule has 2 nitrogen and oxygen atoms in total. The van der Waals surface area contributed by atoms with Crippen molar-refractivity contribution in [2.75, 3.05) is 0 Å². The quantitative estimate of drug-likeness (QED) is 0.853. The number of nitrogens with two attached hydrogens (primary N) is 1. The highest BCUT2D eigenvalue weighted by Crippen LogP contribution is 2.36. The molecule has 0 bridgehead atoms. The van der Waals surface area contributed by atoms with Gasteiger partial charge in [-0.25, -0.2) is 4.98 Å². The number of thioether (sulfide) groups is 1. The van der Waals surface area contributed by atoms with Crippen LogP contribution in [0.1, 0.15) is 34.5 Å². The Labute approximate surface area is 126 Å². The van der Waals surface area contributed by atoms with Crippen molar-refractivity contribution in [2.45, 2.75) is 36.0 Å². The minimum Gasteiger partial charge on any atom is -0.323 e. The largest absolute Gasteiger partial charge is 0.323 e. The van der Waals surface area contributed by atoms with E-state index in [1.165, 1.54) is 10.6 Å². The second kappa shape index (κ2) is 5.83. The zero-order valence-corrected chi connectivity index (χ0v) is 12.8. The minimum atomic E-state index is 0.195. The zero-order valence-electron chi connectivity index (χ0n) is 10.4. The summed E-state index contributed by atoms with van der Waals surface area (Å²) in [5.41, 5.74) is 7.35. The maximum Gasteiger partial charge on any atom is 0.103 e. The van der Waals surface area contributed by atoms with Gasteiger partial charge in [0, 0.05) is 15.8 Å². The number of thiazole rings is 1. The average Bonchev–Trinajstić information content (AvgIpc) is 2.82. The smallest absolute Gasteiger partial charge is 0.103 e. The fourth-order valence-corrected chi connectivity index (χ4v) is 4.65. The lowest BCUT2D eigenvalue weighted by molar-refractivity contribution is 0.573. The van der Waals surface area contributed by atoms with E-state index in [9.17, 15) is 0 Å². The third-order valence-electron chi connectivity index (χ3n) is 3.23. The van der Waals surface area contributed by atoms with Crippen molar-refractivity contribution in [2.24, 2.45) is 5.73 Å². The van der Waals surface area contributed by atoms with Crippen molar-refractivity contribution in [3.8, 4) is 0 Å². The summed E-state index contributed by atoms with van der Waals surface area (Å²) in [6.45, 7) is 0. The number of halogens is 1. The van der Waals surface area contributed by atoms with E-state index < -0.39 is 0 Å². The molecule has 2 aromatic rings. The van der Waals surface area contributed by atoms with Crippen molar-refractivity contribution in [3.05, 3.63) is 44.9 Å². The van der Waals surface area contributed by atoms with Crippen molar-refractivity contribution in [1.82, 2.24) is 4.98 Å². The van der Waals surface area contributed by atoms with Crippen molar-refractivity contribution in [3.63, 3.8) is 0 Å². The molecule has 2 N–H and O–H groups in total. The van der Waals surface area contributed by atoms with Gasteiger partial charge in [-0.05, 0) is 31.4 Å². The molecule has 0 spiro atoms. The molecule has 19 heavy (non-hydrogen) atoms. The van der Waals surface area contributed by atoms with Gasteiger partial charge in [0.25, 0.3) is 0 Å². The van der Waals surface area contributed by atoms with Gasteiger partial charge in [-0.1, -0.05) is 23.7 Å². The average molecular weight is 311 g/mol. The number of nitrogens with zero attached hydrogens (tertiary/aromatic N) is 1. The summed E-state index contributed by atoms with van der Waals surface area (Å²) in [4.78, 5) is 7.13. The van der Waals surface area contributed by atoms with Crippen LogP contribution >= 0.6 is 34.7 Å². The van der Waals surface area contributed by atoms with E-state index in [1.54, 1.807) is 23.1 Å². The van der Waals surface area contributed by atoms with Gasteiger partial charge < -0.3 is 5.73 Å². The van der Waals surface area contributed by atoms with Gasteiger partial charge in [0.1, 0.15) is 5.01 Å². The highest BCUT2D eigenvalue weighted by molar-refractivity contribution is 7.98. The maximum absolute atomic E-state index is 6.16. The molecule has 1 aromatic carbocycles. The molecule has 0 saturated heterocycles. The van der Waals surface area contributed by atoms with E-state index in [0.717, 1.165) is 39.9 Å². The minimum absolute atomic E-state index is 0.195. The topological polar surface area (TPSA) is 38.9 Å². The molecule has 1 unspecified atom stereocenters. The molecule has 3 rings (SSSR count). The number of aryl methyl sites for hydroxylation is 1. The van der Waals surface area contributed by atoms with Gasteiger partial charge in [-0.2, -0.15) is 0 Å². The van der Waals surface area contributed by atoms with E-state index in [1.807, 2.05) is 24.3 Å². The second-order valence-electron chi connectivity index (χ2n) is 4.64. The van der Waals surface area contributed by atoms with Crippen LogP contribution in [0.3, 0.4) is 0 Å². The first kappa shape index (κ1) is 13.4. The molecule has 1 atom stereocenters. The number of benzene rings is 1. The van der Waals surface area contributed by atoms with E-state index in [0.29, 0.717) is 0 Å². The number of rotatable bonds is 3. The summed E-state index contributed by atoms with van der Waals surface area (Å²) in [6, 6.07) is 8.13. The normalized spacial score (nSPS) is 18.3. The Bertz CT molecular complexity index is 583. The van der Waals surface area contributed by atoms with Crippen LogP contribution < -0.4 is 5.73 Å². The lowest BCUT2D eigenvalue weighted by Gasteiger charge is -2.15. The number of hydrogen-bond acceptors (Lipinski definition) is 4. The van der Waals surface area contributed by atoms with Gasteiger partial charge in [0.2, 0.25) is 0 Å². The number of hydrogen-bond donors (Lipinski definition) is 1. The van der Waals surface area contributed by atoms with Gasteiger partial charge >= 0.3 is 0 Å². The molecule has 1 aliphatic carbocycles. The van der Waals surface area contributed by atoms with Crippen LogP contribution in [0.2, 0.25) is 5.02 Å². The zero-order chi connectivity index (χ0) is 13.2. The lowest BCUT2D eigenvalue weighted by atomic mass is 9.99. The van der Waals surface area contributed by atoms with Crippen LogP contribution in [0, 0.1) is 0 Å². The Morgan fingerprint density at radius 3 is 3.05 bits per heavy atom. The molecule has 0 aliphatic heterocycles.